The molecule has 0 spiro atoms. The molecule has 1 atom stereocenters. The van der Waals surface area contributed by atoms with E-state index in [9.17, 15) is 4.79 Å². The summed E-state index contributed by atoms with van der Waals surface area (Å²) in [7, 11) is 0. The van der Waals surface area contributed by atoms with Crippen LogP contribution in [0.3, 0.4) is 0 Å². The van der Waals surface area contributed by atoms with Crippen molar-refractivity contribution < 1.29 is 9.53 Å². The summed E-state index contributed by atoms with van der Waals surface area (Å²) >= 11 is 0. The summed E-state index contributed by atoms with van der Waals surface area (Å²) in [5.74, 6) is 1.35. The third-order valence-electron chi connectivity index (χ3n) is 5.05. The van der Waals surface area contributed by atoms with Crippen molar-refractivity contribution in [2.75, 3.05) is 51.3 Å². The molecule has 1 fully saturated rings. The maximum absolute atomic E-state index is 11.1. The van der Waals surface area contributed by atoms with Gasteiger partial charge in [-0.1, -0.05) is 26.0 Å². The summed E-state index contributed by atoms with van der Waals surface area (Å²) in [4.78, 5) is 18.5. The van der Waals surface area contributed by atoms with Gasteiger partial charge < -0.3 is 20.7 Å². The third-order valence-corrected chi connectivity index (χ3v) is 5.05. The molecule has 3 N–H and O–H groups in total. The Morgan fingerprint density at radius 3 is 2.45 bits per heavy atom. The second kappa shape index (κ2) is 12.4. The van der Waals surface area contributed by atoms with Crippen molar-refractivity contribution in [1.82, 2.24) is 15.5 Å². The molecule has 1 heterocycles. The van der Waals surface area contributed by atoms with E-state index < -0.39 is 0 Å². The van der Waals surface area contributed by atoms with E-state index >= 15 is 0 Å². The highest BCUT2D eigenvalue weighted by Gasteiger charge is 2.23. The number of carbonyl (C=O) groups excluding carboxylic acids is 1. The minimum absolute atomic E-state index is 0.0531. The molecule has 1 aromatic rings. The number of hydrogen-bond donors (Lipinski definition) is 3. The number of nitrogens with one attached hydrogen (secondary N) is 3. The van der Waals surface area contributed by atoms with Gasteiger partial charge in [0, 0.05) is 44.8 Å². The topological polar surface area (TPSA) is 78.0 Å². The normalized spacial score (nSPS) is 16.5. The SMILES string of the molecule is CCNC(=NCC(C(C)C)N1CCOCC1)NCCc1ccc(NC(C)=O)cc1. The summed E-state index contributed by atoms with van der Waals surface area (Å²) in [6.45, 7) is 14.1. The number of amides is 1. The number of nitrogens with zero attached hydrogens (tertiary/aromatic N) is 2. The lowest BCUT2D eigenvalue weighted by Crippen LogP contribution is -2.48. The van der Waals surface area contributed by atoms with Crippen LogP contribution in [0.4, 0.5) is 5.69 Å². The number of ether oxygens (including phenoxy) is 1. The third kappa shape index (κ3) is 8.41. The van der Waals surface area contributed by atoms with Crippen LogP contribution in [0.5, 0.6) is 0 Å². The van der Waals surface area contributed by atoms with Crippen LogP contribution in [0, 0.1) is 5.92 Å². The van der Waals surface area contributed by atoms with Gasteiger partial charge in [-0.25, -0.2) is 0 Å². The van der Waals surface area contributed by atoms with Gasteiger partial charge in [-0.2, -0.15) is 0 Å². The van der Waals surface area contributed by atoms with Gasteiger partial charge in [-0.05, 0) is 37.0 Å². The van der Waals surface area contributed by atoms with Gasteiger partial charge >= 0.3 is 0 Å². The fraction of sp³-hybridized carbons (Fsp3) is 0.636. The van der Waals surface area contributed by atoms with E-state index in [2.05, 4.69) is 41.6 Å². The van der Waals surface area contributed by atoms with Crippen LogP contribution >= 0.6 is 0 Å². The van der Waals surface area contributed by atoms with E-state index in [0.717, 1.165) is 64.0 Å². The van der Waals surface area contributed by atoms with Crippen LogP contribution in [-0.2, 0) is 16.0 Å². The molecule has 7 heteroatoms. The molecular formula is C22H37N5O2. The second-order valence-electron chi connectivity index (χ2n) is 7.73. The number of hydrogen-bond acceptors (Lipinski definition) is 4. The smallest absolute Gasteiger partial charge is 0.221 e. The Morgan fingerprint density at radius 1 is 1.17 bits per heavy atom. The molecule has 0 aromatic heterocycles. The van der Waals surface area contributed by atoms with Crippen molar-refractivity contribution in [1.29, 1.82) is 0 Å². The average Bonchev–Trinajstić information content (AvgIpc) is 2.69. The Morgan fingerprint density at radius 2 is 1.86 bits per heavy atom. The van der Waals surface area contributed by atoms with Crippen LogP contribution < -0.4 is 16.0 Å². The molecule has 0 aliphatic carbocycles. The van der Waals surface area contributed by atoms with Gasteiger partial charge in [0.15, 0.2) is 5.96 Å². The zero-order valence-electron chi connectivity index (χ0n) is 18.3. The predicted molar refractivity (Wildman–Crippen MR) is 119 cm³/mol. The van der Waals surface area contributed by atoms with Crippen LogP contribution in [0.1, 0.15) is 33.3 Å². The molecule has 1 aliphatic rings. The van der Waals surface area contributed by atoms with E-state index in [0.29, 0.717) is 12.0 Å². The van der Waals surface area contributed by atoms with Gasteiger partial charge in [0.05, 0.1) is 19.8 Å². The number of aliphatic imine (C=N–C) groups is 1. The van der Waals surface area contributed by atoms with E-state index in [-0.39, 0.29) is 5.91 Å². The van der Waals surface area contributed by atoms with Crippen LogP contribution in [0.2, 0.25) is 0 Å². The number of rotatable bonds is 9. The first-order chi connectivity index (χ1) is 14.0. The van der Waals surface area contributed by atoms with E-state index in [1.165, 1.54) is 12.5 Å². The highest BCUT2D eigenvalue weighted by molar-refractivity contribution is 5.88. The van der Waals surface area contributed by atoms with Gasteiger partial charge in [0.25, 0.3) is 0 Å². The molecule has 7 nitrogen and oxygen atoms in total. The predicted octanol–water partition coefficient (Wildman–Crippen LogP) is 2.10. The van der Waals surface area contributed by atoms with Crippen molar-refractivity contribution in [2.45, 2.75) is 40.2 Å². The number of benzene rings is 1. The van der Waals surface area contributed by atoms with Crippen LogP contribution in [0.15, 0.2) is 29.3 Å². The molecule has 1 aliphatic heterocycles. The first kappa shape index (κ1) is 23.2. The number of carbonyl (C=O) groups is 1. The summed E-state index contributed by atoms with van der Waals surface area (Å²) in [6, 6.07) is 8.39. The standard InChI is InChI=1S/C22H37N5O2/c1-5-23-22(25-16-21(17(2)3)27-12-14-29-15-13-27)24-11-10-19-6-8-20(9-7-19)26-18(4)28/h6-9,17,21H,5,10-16H2,1-4H3,(H,26,28)(H2,23,24,25). The molecule has 1 unspecified atom stereocenters. The first-order valence-corrected chi connectivity index (χ1v) is 10.7. The maximum Gasteiger partial charge on any atom is 0.221 e. The van der Waals surface area contributed by atoms with Crippen molar-refractivity contribution in [3.05, 3.63) is 29.8 Å². The number of anilines is 1. The molecule has 0 saturated carbocycles. The second-order valence-corrected chi connectivity index (χ2v) is 7.73. The van der Waals surface area contributed by atoms with Crippen molar-refractivity contribution in [2.24, 2.45) is 10.9 Å². The molecule has 1 amide bonds. The number of guanidine groups is 1. The van der Waals surface area contributed by atoms with Crippen molar-refractivity contribution >= 4 is 17.6 Å². The zero-order valence-corrected chi connectivity index (χ0v) is 18.3. The van der Waals surface area contributed by atoms with Gasteiger partial charge in [0.1, 0.15) is 0 Å². The lowest BCUT2D eigenvalue weighted by Gasteiger charge is -2.36. The lowest BCUT2D eigenvalue weighted by molar-refractivity contribution is -0.114. The lowest BCUT2D eigenvalue weighted by atomic mass is 10.0. The van der Waals surface area contributed by atoms with Crippen molar-refractivity contribution in [3.63, 3.8) is 0 Å². The van der Waals surface area contributed by atoms with Gasteiger partial charge in [-0.15, -0.1) is 0 Å². The molecule has 2 rings (SSSR count). The summed E-state index contributed by atoms with van der Waals surface area (Å²) in [5, 5.41) is 9.58. The highest BCUT2D eigenvalue weighted by atomic mass is 16.5. The molecular weight excluding hydrogens is 366 g/mol. The Hall–Kier alpha value is -2.12. The van der Waals surface area contributed by atoms with E-state index in [4.69, 9.17) is 9.73 Å². The molecule has 1 aromatic carbocycles. The monoisotopic (exact) mass is 403 g/mol. The minimum atomic E-state index is -0.0531. The largest absolute Gasteiger partial charge is 0.379 e. The fourth-order valence-corrected chi connectivity index (χ4v) is 3.47. The Balaban J connectivity index is 1.86. The Bertz CT molecular complexity index is 639. The Kier molecular flexibility index (Phi) is 9.94. The fourth-order valence-electron chi connectivity index (χ4n) is 3.47. The van der Waals surface area contributed by atoms with E-state index in [1.807, 2.05) is 24.3 Å². The van der Waals surface area contributed by atoms with Gasteiger partial charge in [0.2, 0.25) is 5.91 Å². The number of morpholine rings is 1. The Labute approximate surface area is 175 Å². The minimum Gasteiger partial charge on any atom is -0.379 e. The van der Waals surface area contributed by atoms with Gasteiger partial charge in [-0.3, -0.25) is 14.7 Å². The van der Waals surface area contributed by atoms with Crippen molar-refractivity contribution in [3.8, 4) is 0 Å². The zero-order chi connectivity index (χ0) is 21.1. The molecule has 29 heavy (non-hydrogen) atoms. The van der Waals surface area contributed by atoms with Crippen LogP contribution in [-0.4, -0.2) is 68.7 Å². The maximum atomic E-state index is 11.1. The van der Waals surface area contributed by atoms with E-state index in [1.54, 1.807) is 0 Å². The van der Waals surface area contributed by atoms with Crippen LogP contribution in [0.25, 0.3) is 0 Å². The first-order valence-electron chi connectivity index (χ1n) is 10.7. The molecule has 162 valence electrons. The quantitative estimate of drug-likeness (QED) is 0.435. The summed E-state index contributed by atoms with van der Waals surface area (Å²) < 4.78 is 5.49. The molecule has 0 radical (unpaired) electrons. The average molecular weight is 404 g/mol. The molecule has 0 bridgehead atoms. The summed E-state index contributed by atoms with van der Waals surface area (Å²) in [6.07, 6.45) is 0.891. The summed E-state index contributed by atoms with van der Waals surface area (Å²) in [5.41, 5.74) is 2.04. The highest BCUT2D eigenvalue weighted by Crippen LogP contribution is 2.13. The molecule has 1 saturated heterocycles.